The molecule has 12 heavy (non-hydrogen) atoms. The molecule has 1 aromatic carbocycles. The first-order valence-electron chi connectivity index (χ1n) is 3.58. The summed E-state index contributed by atoms with van der Waals surface area (Å²) in [6, 6.07) is 5.21. The van der Waals surface area contributed by atoms with Crippen molar-refractivity contribution in [2.24, 2.45) is 0 Å². The third kappa shape index (κ3) is 0.797. The molecule has 2 rings (SSSR count). The number of rotatable bonds is 0. The Morgan fingerprint density at radius 1 is 1.33 bits per heavy atom. The van der Waals surface area contributed by atoms with Gasteiger partial charge in [0.1, 0.15) is 0 Å². The summed E-state index contributed by atoms with van der Waals surface area (Å²) in [6.07, 6.45) is 0. The van der Waals surface area contributed by atoms with E-state index in [1.54, 1.807) is 18.2 Å². The Labute approximate surface area is 69.9 Å². The molecular formula is C9H8N2O. The van der Waals surface area contributed by atoms with Gasteiger partial charge in [-0.1, -0.05) is 12.6 Å². The van der Waals surface area contributed by atoms with E-state index in [9.17, 15) is 4.79 Å². The molecule has 0 radical (unpaired) electrons. The molecule has 1 amide bonds. The molecule has 0 saturated carbocycles. The zero-order chi connectivity index (χ0) is 8.72. The van der Waals surface area contributed by atoms with Crippen molar-refractivity contribution in [3.63, 3.8) is 0 Å². The SMILES string of the molecule is C=C1NC(=O)c2cc(N)ccc21. The molecule has 3 N–H and O–H groups in total. The summed E-state index contributed by atoms with van der Waals surface area (Å²) in [5.74, 6) is -0.123. The van der Waals surface area contributed by atoms with Crippen molar-refractivity contribution in [1.29, 1.82) is 0 Å². The van der Waals surface area contributed by atoms with E-state index >= 15 is 0 Å². The Kier molecular flexibility index (Phi) is 1.21. The lowest BCUT2D eigenvalue weighted by atomic mass is 10.1. The third-order valence-corrected chi connectivity index (χ3v) is 1.88. The highest BCUT2D eigenvalue weighted by atomic mass is 16.1. The predicted molar refractivity (Wildman–Crippen MR) is 47.4 cm³/mol. The van der Waals surface area contributed by atoms with Crippen LogP contribution in [0.25, 0.3) is 5.70 Å². The van der Waals surface area contributed by atoms with Gasteiger partial charge in [0.25, 0.3) is 5.91 Å². The average Bonchev–Trinajstić information content (AvgIpc) is 2.28. The molecular weight excluding hydrogens is 152 g/mol. The first-order valence-corrected chi connectivity index (χ1v) is 3.58. The molecule has 0 atom stereocenters. The Hall–Kier alpha value is -1.77. The van der Waals surface area contributed by atoms with Crippen LogP contribution in [0.1, 0.15) is 15.9 Å². The van der Waals surface area contributed by atoms with E-state index in [-0.39, 0.29) is 5.91 Å². The van der Waals surface area contributed by atoms with Crippen LogP contribution in [-0.4, -0.2) is 5.91 Å². The molecule has 0 saturated heterocycles. The van der Waals surface area contributed by atoms with Crippen LogP contribution in [0.3, 0.4) is 0 Å². The molecule has 0 bridgehead atoms. The van der Waals surface area contributed by atoms with E-state index < -0.39 is 0 Å². The summed E-state index contributed by atoms with van der Waals surface area (Å²) in [7, 11) is 0. The minimum Gasteiger partial charge on any atom is -0.399 e. The Balaban J connectivity index is 2.68. The van der Waals surface area contributed by atoms with Gasteiger partial charge in [-0.15, -0.1) is 0 Å². The van der Waals surface area contributed by atoms with Crippen LogP contribution in [0, 0.1) is 0 Å². The Morgan fingerprint density at radius 3 is 2.83 bits per heavy atom. The summed E-state index contributed by atoms with van der Waals surface area (Å²) in [6.45, 7) is 3.70. The van der Waals surface area contributed by atoms with Crippen molar-refractivity contribution < 1.29 is 4.79 Å². The van der Waals surface area contributed by atoms with Crippen molar-refractivity contribution >= 4 is 17.3 Å². The molecule has 3 nitrogen and oxygen atoms in total. The van der Waals surface area contributed by atoms with Gasteiger partial charge in [-0.2, -0.15) is 0 Å². The molecule has 60 valence electrons. The van der Waals surface area contributed by atoms with Crippen LogP contribution < -0.4 is 11.1 Å². The van der Waals surface area contributed by atoms with Crippen LogP contribution in [0.5, 0.6) is 0 Å². The zero-order valence-corrected chi connectivity index (χ0v) is 6.42. The Bertz CT molecular complexity index is 382. The quantitative estimate of drug-likeness (QED) is 0.556. The van der Waals surface area contributed by atoms with Crippen LogP contribution in [0.2, 0.25) is 0 Å². The number of carbonyl (C=O) groups excluding carboxylic acids is 1. The fourth-order valence-electron chi connectivity index (χ4n) is 1.28. The van der Waals surface area contributed by atoms with Crippen LogP contribution in [0.15, 0.2) is 24.8 Å². The molecule has 1 aromatic rings. The smallest absolute Gasteiger partial charge is 0.256 e. The van der Waals surface area contributed by atoms with Crippen molar-refractivity contribution in [3.8, 4) is 0 Å². The topological polar surface area (TPSA) is 55.1 Å². The lowest BCUT2D eigenvalue weighted by Crippen LogP contribution is -2.11. The lowest BCUT2D eigenvalue weighted by Gasteiger charge is -1.96. The minimum atomic E-state index is -0.123. The van der Waals surface area contributed by atoms with Gasteiger partial charge >= 0.3 is 0 Å². The normalized spacial score (nSPS) is 14.3. The molecule has 1 aliphatic rings. The minimum absolute atomic E-state index is 0.123. The number of benzene rings is 1. The number of hydrogen-bond donors (Lipinski definition) is 2. The maximum atomic E-state index is 11.2. The maximum Gasteiger partial charge on any atom is 0.256 e. The van der Waals surface area contributed by atoms with E-state index in [2.05, 4.69) is 11.9 Å². The number of nitrogen functional groups attached to an aromatic ring is 1. The maximum absolute atomic E-state index is 11.2. The van der Waals surface area contributed by atoms with Crippen molar-refractivity contribution in [2.45, 2.75) is 0 Å². The van der Waals surface area contributed by atoms with E-state index in [0.717, 1.165) is 5.56 Å². The van der Waals surface area contributed by atoms with Crippen LogP contribution >= 0.6 is 0 Å². The molecule has 3 heteroatoms. The lowest BCUT2D eigenvalue weighted by molar-refractivity contribution is 0.0981. The molecule has 1 heterocycles. The van der Waals surface area contributed by atoms with Gasteiger partial charge in [0.05, 0.1) is 5.56 Å². The number of anilines is 1. The average molecular weight is 160 g/mol. The summed E-state index contributed by atoms with van der Waals surface area (Å²) in [5.41, 5.74) is 8.23. The van der Waals surface area contributed by atoms with Gasteiger partial charge in [0, 0.05) is 16.9 Å². The summed E-state index contributed by atoms with van der Waals surface area (Å²) in [4.78, 5) is 11.2. The largest absolute Gasteiger partial charge is 0.399 e. The van der Waals surface area contributed by atoms with E-state index in [1.165, 1.54) is 0 Å². The fourth-order valence-corrected chi connectivity index (χ4v) is 1.28. The van der Waals surface area contributed by atoms with E-state index in [1.807, 2.05) is 0 Å². The molecule has 0 fully saturated rings. The number of nitrogens with two attached hydrogens (primary N) is 1. The van der Waals surface area contributed by atoms with Gasteiger partial charge in [-0.25, -0.2) is 0 Å². The molecule has 0 spiro atoms. The van der Waals surface area contributed by atoms with Gasteiger partial charge in [0.2, 0.25) is 0 Å². The summed E-state index contributed by atoms with van der Waals surface area (Å²) >= 11 is 0. The number of amides is 1. The Morgan fingerprint density at radius 2 is 2.08 bits per heavy atom. The second-order valence-corrected chi connectivity index (χ2v) is 2.74. The van der Waals surface area contributed by atoms with Gasteiger partial charge in [-0.05, 0) is 12.1 Å². The van der Waals surface area contributed by atoms with Crippen molar-refractivity contribution in [2.75, 3.05) is 5.73 Å². The molecule has 0 aromatic heterocycles. The van der Waals surface area contributed by atoms with Crippen molar-refractivity contribution in [3.05, 3.63) is 35.9 Å². The van der Waals surface area contributed by atoms with Crippen LogP contribution in [0.4, 0.5) is 5.69 Å². The number of carbonyl (C=O) groups is 1. The third-order valence-electron chi connectivity index (χ3n) is 1.88. The summed E-state index contributed by atoms with van der Waals surface area (Å²) in [5, 5.41) is 2.62. The highest BCUT2D eigenvalue weighted by Gasteiger charge is 2.21. The van der Waals surface area contributed by atoms with Crippen molar-refractivity contribution in [1.82, 2.24) is 5.32 Å². The van der Waals surface area contributed by atoms with E-state index in [4.69, 9.17) is 5.73 Å². The molecule has 0 aliphatic carbocycles. The van der Waals surface area contributed by atoms with Gasteiger partial charge in [0.15, 0.2) is 0 Å². The van der Waals surface area contributed by atoms with Gasteiger partial charge in [-0.3, -0.25) is 4.79 Å². The standard InChI is InChI=1S/C9H8N2O/c1-5-7-3-2-6(10)4-8(7)9(12)11-5/h2-4H,1,10H2,(H,11,12). The first-order chi connectivity index (χ1) is 5.68. The predicted octanol–water partition coefficient (Wildman–Crippen LogP) is 0.983. The second-order valence-electron chi connectivity index (χ2n) is 2.74. The monoisotopic (exact) mass is 160 g/mol. The highest BCUT2D eigenvalue weighted by molar-refractivity contribution is 6.09. The molecule has 0 unspecified atom stereocenters. The number of fused-ring (bicyclic) bond motifs is 1. The summed E-state index contributed by atoms with van der Waals surface area (Å²) < 4.78 is 0. The number of hydrogen-bond acceptors (Lipinski definition) is 2. The molecule has 1 aliphatic heterocycles. The zero-order valence-electron chi connectivity index (χ0n) is 6.42. The van der Waals surface area contributed by atoms with Crippen LogP contribution in [-0.2, 0) is 0 Å². The fraction of sp³-hybridized carbons (Fsp3) is 0. The first kappa shape index (κ1) is 6.91. The number of nitrogens with one attached hydrogen (secondary N) is 1. The van der Waals surface area contributed by atoms with Gasteiger partial charge < -0.3 is 11.1 Å². The second kappa shape index (κ2) is 2.11. The highest BCUT2D eigenvalue weighted by Crippen LogP contribution is 2.24. The van der Waals surface area contributed by atoms with E-state index in [0.29, 0.717) is 16.9 Å².